The fraction of sp³-hybridized carbons (Fsp3) is 0.636. The molecule has 0 fully saturated rings. The molecule has 0 aliphatic rings. The Hall–Kier alpha value is -0.850. The summed E-state index contributed by atoms with van der Waals surface area (Å²) in [5.41, 5.74) is 6.40. The van der Waals surface area contributed by atoms with Crippen molar-refractivity contribution in [3.8, 4) is 0 Å². The summed E-state index contributed by atoms with van der Waals surface area (Å²) in [7, 11) is -3.38. The summed E-state index contributed by atoms with van der Waals surface area (Å²) in [6.07, 6.45) is 3.44. The molecule has 0 aliphatic heterocycles. The molecular formula is C11H21N3O2S. The van der Waals surface area contributed by atoms with Gasteiger partial charge in [-0.1, -0.05) is 13.3 Å². The van der Waals surface area contributed by atoms with E-state index in [2.05, 4.69) is 4.72 Å². The Morgan fingerprint density at radius 3 is 2.59 bits per heavy atom. The van der Waals surface area contributed by atoms with Crippen LogP contribution in [0.4, 0.5) is 0 Å². The van der Waals surface area contributed by atoms with Gasteiger partial charge < -0.3 is 10.3 Å². The van der Waals surface area contributed by atoms with Crippen molar-refractivity contribution in [1.29, 1.82) is 0 Å². The molecule has 6 heteroatoms. The quantitative estimate of drug-likeness (QED) is 0.718. The van der Waals surface area contributed by atoms with E-state index in [0.717, 1.165) is 25.1 Å². The number of hydrogen-bond donors (Lipinski definition) is 2. The Labute approximate surface area is 103 Å². The van der Waals surface area contributed by atoms with Crippen molar-refractivity contribution in [2.75, 3.05) is 6.54 Å². The van der Waals surface area contributed by atoms with Gasteiger partial charge >= 0.3 is 0 Å². The first-order chi connectivity index (χ1) is 8.05. The normalized spacial score (nSPS) is 11.9. The third kappa shape index (κ3) is 3.55. The van der Waals surface area contributed by atoms with Crippen LogP contribution >= 0.6 is 0 Å². The van der Waals surface area contributed by atoms with Crippen molar-refractivity contribution in [3.05, 3.63) is 18.0 Å². The van der Waals surface area contributed by atoms with E-state index in [9.17, 15) is 8.42 Å². The molecule has 0 amide bonds. The number of nitrogens with two attached hydrogens (primary N) is 1. The predicted molar refractivity (Wildman–Crippen MR) is 68.1 cm³/mol. The second-order valence-electron chi connectivity index (χ2n) is 3.91. The second kappa shape index (κ2) is 6.18. The molecule has 0 aromatic carbocycles. The van der Waals surface area contributed by atoms with Crippen LogP contribution in [0.15, 0.2) is 17.2 Å². The number of hydrogen-bond acceptors (Lipinski definition) is 3. The van der Waals surface area contributed by atoms with Crippen molar-refractivity contribution in [1.82, 2.24) is 9.29 Å². The number of sulfonamides is 1. The third-order valence-corrected chi connectivity index (χ3v) is 4.07. The average molecular weight is 259 g/mol. The zero-order valence-electron chi connectivity index (χ0n) is 10.4. The lowest BCUT2D eigenvalue weighted by Gasteiger charge is -2.03. The highest BCUT2D eigenvalue weighted by Gasteiger charge is 2.16. The fourth-order valence-corrected chi connectivity index (χ4v) is 2.74. The Kier molecular flexibility index (Phi) is 5.17. The largest absolute Gasteiger partial charge is 0.349 e. The van der Waals surface area contributed by atoms with Gasteiger partial charge in [0.25, 0.3) is 0 Å². The SMILES string of the molecule is CCCCNS(=O)(=O)c1cc(CN)n(CC)c1. The van der Waals surface area contributed by atoms with Crippen molar-refractivity contribution >= 4 is 10.0 Å². The zero-order chi connectivity index (χ0) is 12.9. The van der Waals surface area contributed by atoms with Gasteiger partial charge in [-0.15, -0.1) is 0 Å². The lowest BCUT2D eigenvalue weighted by Crippen LogP contribution is -2.24. The van der Waals surface area contributed by atoms with Crippen LogP contribution in [-0.4, -0.2) is 19.5 Å². The van der Waals surface area contributed by atoms with Crippen molar-refractivity contribution in [3.63, 3.8) is 0 Å². The Morgan fingerprint density at radius 1 is 1.41 bits per heavy atom. The van der Waals surface area contributed by atoms with Gasteiger partial charge in [0.2, 0.25) is 10.0 Å². The van der Waals surface area contributed by atoms with E-state index in [4.69, 9.17) is 5.73 Å². The summed E-state index contributed by atoms with van der Waals surface area (Å²) in [4.78, 5) is 0.302. The molecule has 5 nitrogen and oxygen atoms in total. The van der Waals surface area contributed by atoms with Crippen LogP contribution in [0.3, 0.4) is 0 Å². The molecule has 1 rings (SSSR count). The van der Waals surface area contributed by atoms with Crippen molar-refractivity contribution < 1.29 is 8.42 Å². The topological polar surface area (TPSA) is 77.1 Å². The van der Waals surface area contributed by atoms with Gasteiger partial charge in [-0.25, -0.2) is 13.1 Å². The van der Waals surface area contributed by atoms with Gasteiger partial charge in [0, 0.05) is 31.5 Å². The van der Waals surface area contributed by atoms with Gasteiger partial charge in [0.15, 0.2) is 0 Å². The number of aromatic nitrogens is 1. The van der Waals surface area contributed by atoms with Crippen LogP contribution < -0.4 is 10.5 Å². The van der Waals surface area contributed by atoms with Crippen LogP contribution in [0.25, 0.3) is 0 Å². The first kappa shape index (κ1) is 14.2. The molecule has 1 aromatic heterocycles. The Balaban J connectivity index is 2.87. The highest BCUT2D eigenvalue weighted by atomic mass is 32.2. The standard InChI is InChI=1S/C11H21N3O2S/c1-3-5-6-13-17(15,16)11-7-10(8-12)14(4-2)9-11/h7,9,13H,3-6,8,12H2,1-2H3. The second-order valence-corrected chi connectivity index (χ2v) is 5.68. The lowest BCUT2D eigenvalue weighted by molar-refractivity contribution is 0.578. The van der Waals surface area contributed by atoms with Gasteiger partial charge in [-0.05, 0) is 19.4 Å². The van der Waals surface area contributed by atoms with E-state index in [1.54, 1.807) is 12.3 Å². The fourth-order valence-electron chi connectivity index (χ4n) is 1.61. The van der Waals surface area contributed by atoms with E-state index in [-0.39, 0.29) is 0 Å². The molecule has 0 radical (unpaired) electrons. The summed E-state index contributed by atoms with van der Waals surface area (Å²) in [6.45, 7) is 5.53. The summed E-state index contributed by atoms with van der Waals surface area (Å²) < 4.78 is 28.3. The smallest absolute Gasteiger partial charge is 0.242 e. The summed E-state index contributed by atoms with van der Waals surface area (Å²) in [5.74, 6) is 0. The predicted octanol–water partition coefficient (Wildman–Crippen LogP) is 1.05. The lowest BCUT2D eigenvalue weighted by atomic mass is 10.3. The molecule has 0 unspecified atom stereocenters. The van der Waals surface area contributed by atoms with E-state index in [0.29, 0.717) is 18.0 Å². The summed E-state index contributed by atoms with van der Waals surface area (Å²) in [6, 6.07) is 1.64. The molecule has 1 aromatic rings. The van der Waals surface area contributed by atoms with Gasteiger partial charge in [-0.3, -0.25) is 0 Å². The molecule has 0 saturated carbocycles. The molecule has 98 valence electrons. The van der Waals surface area contributed by atoms with Gasteiger partial charge in [0.05, 0.1) is 4.90 Å². The minimum Gasteiger partial charge on any atom is -0.349 e. The molecular weight excluding hydrogens is 238 g/mol. The van der Waals surface area contributed by atoms with E-state index < -0.39 is 10.0 Å². The number of rotatable bonds is 7. The Bertz CT molecular complexity index is 430. The molecule has 0 saturated heterocycles. The summed E-state index contributed by atoms with van der Waals surface area (Å²) >= 11 is 0. The number of aryl methyl sites for hydroxylation is 1. The average Bonchev–Trinajstić information content (AvgIpc) is 2.73. The van der Waals surface area contributed by atoms with Gasteiger partial charge in [-0.2, -0.15) is 0 Å². The van der Waals surface area contributed by atoms with Crippen LogP contribution in [0.1, 0.15) is 32.4 Å². The highest BCUT2D eigenvalue weighted by Crippen LogP contribution is 2.14. The maximum Gasteiger partial charge on any atom is 0.242 e. The monoisotopic (exact) mass is 259 g/mol. The molecule has 1 heterocycles. The summed E-state index contributed by atoms with van der Waals surface area (Å²) in [5, 5.41) is 0. The molecule has 3 N–H and O–H groups in total. The van der Waals surface area contributed by atoms with Gasteiger partial charge in [0.1, 0.15) is 0 Å². The van der Waals surface area contributed by atoms with Crippen LogP contribution in [0, 0.1) is 0 Å². The first-order valence-corrected chi connectivity index (χ1v) is 7.42. The Morgan fingerprint density at radius 2 is 2.12 bits per heavy atom. The third-order valence-electron chi connectivity index (χ3n) is 2.64. The minimum absolute atomic E-state index is 0.302. The minimum atomic E-state index is -3.38. The number of nitrogens with one attached hydrogen (secondary N) is 1. The maximum atomic E-state index is 11.9. The first-order valence-electron chi connectivity index (χ1n) is 5.94. The molecule has 0 bridgehead atoms. The van der Waals surface area contributed by atoms with Crippen LogP contribution in [0.2, 0.25) is 0 Å². The molecule has 0 atom stereocenters. The van der Waals surface area contributed by atoms with Crippen LogP contribution in [-0.2, 0) is 23.1 Å². The van der Waals surface area contributed by atoms with Crippen molar-refractivity contribution in [2.24, 2.45) is 5.73 Å². The van der Waals surface area contributed by atoms with Crippen LogP contribution in [0.5, 0.6) is 0 Å². The molecule has 0 spiro atoms. The maximum absolute atomic E-state index is 11.9. The van der Waals surface area contributed by atoms with E-state index >= 15 is 0 Å². The number of unbranched alkanes of at least 4 members (excludes halogenated alkanes) is 1. The van der Waals surface area contributed by atoms with E-state index in [1.807, 2.05) is 18.4 Å². The molecule has 0 aliphatic carbocycles. The number of nitrogens with zero attached hydrogens (tertiary/aromatic N) is 1. The molecule has 17 heavy (non-hydrogen) atoms. The van der Waals surface area contributed by atoms with Crippen molar-refractivity contribution in [2.45, 2.75) is 44.7 Å². The highest BCUT2D eigenvalue weighted by molar-refractivity contribution is 7.89. The zero-order valence-corrected chi connectivity index (χ0v) is 11.3. The van der Waals surface area contributed by atoms with E-state index in [1.165, 1.54) is 0 Å².